The van der Waals surface area contributed by atoms with E-state index in [-0.39, 0.29) is 19.6 Å². The molecule has 1 aliphatic rings. The fraction of sp³-hybridized carbons (Fsp3) is 0.721. The summed E-state index contributed by atoms with van der Waals surface area (Å²) in [6, 6.07) is 14.4. The summed E-state index contributed by atoms with van der Waals surface area (Å²) in [6.45, 7) is 24.9. The summed E-state index contributed by atoms with van der Waals surface area (Å²) in [7, 11) is 2.29. The fourth-order valence-corrected chi connectivity index (χ4v) is 8.38. The van der Waals surface area contributed by atoms with Gasteiger partial charge in [0.05, 0.1) is 16.8 Å². The van der Waals surface area contributed by atoms with Gasteiger partial charge in [0.2, 0.25) is 7.41 Å². The van der Waals surface area contributed by atoms with Crippen LogP contribution in [0, 0.1) is 0 Å². The van der Waals surface area contributed by atoms with Crippen molar-refractivity contribution in [2.24, 2.45) is 0 Å². The van der Waals surface area contributed by atoms with E-state index in [1.54, 1.807) is 0 Å². The van der Waals surface area contributed by atoms with Crippen molar-refractivity contribution in [2.45, 2.75) is 200 Å². The Kier molecular flexibility index (Phi) is 14.7. The molecule has 3 N–H and O–H groups in total. The molecule has 0 saturated carbocycles. The predicted molar refractivity (Wildman–Crippen MR) is 216 cm³/mol. The molecule has 0 bridgehead atoms. The zero-order chi connectivity index (χ0) is 36.7. The lowest BCUT2D eigenvalue weighted by atomic mass is 9.59. The van der Waals surface area contributed by atoms with Gasteiger partial charge in [0.15, 0.2) is 0 Å². The van der Waals surface area contributed by atoms with Crippen LogP contribution in [-0.2, 0) is 15.4 Å². The third-order valence-corrected chi connectivity index (χ3v) is 13.4. The van der Waals surface area contributed by atoms with Crippen LogP contribution < -0.4 is 16.0 Å². The third-order valence-electron chi connectivity index (χ3n) is 12.2. The quantitative estimate of drug-likeness (QED) is 0.0955. The van der Waals surface area contributed by atoms with Crippen molar-refractivity contribution in [2.75, 3.05) is 0 Å². The second kappa shape index (κ2) is 17.1. The molecule has 6 heteroatoms. The molecule has 4 nitrogen and oxygen atoms in total. The second-order valence-electron chi connectivity index (χ2n) is 17.5. The maximum atomic E-state index is 10.9. The van der Waals surface area contributed by atoms with Crippen LogP contribution >= 0.6 is 8.81 Å². The number of unbranched alkanes of at least 4 members (excludes halogenated alkanes) is 4. The number of nitrogens with one attached hydrogen (secondary N) is 1. The van der Waals surface area contributed by atoms with Crippen LogP contribution in [0.5, 0.6) is 0 Å². The predicted octanol–water partition coefficient (Wildman–Crippen LogP) is 10.2. The average Bonchev–Trinajstić information content (AvgIpc) is 3.13. The van der Waals surface area contributed by atoms with E-state index in [0.29, 0.717) is 0 Å². The first-order valence-electron chi connectivity index (χ1n) is 19.6. The Bertz CT molecular complexity index is 1220. The topological polar surface area (TPSA) is 61.7 Å². The minimum absolute atomic E-state index is 0.0686. The Labute approximate surface area is 304 Å². The molecule has 0 heterocycles. The number of aliphatic hydroxyl groups is 2. The van der Waals surface area contributed by atoms with Gasteiger partial charge >= 0.3 is 0 Å². The van der Waals surface area contributed by atoms with Crippen molar-refractivity contribution in [1.82, 2.24) is 5.23 Å². The Balaban J connectivity index is 2.32. The highest BCUT2D eigenvalue weighted by Gasteiger charge is 2.47. The minimum Gasteiger partial charge on any atom is -0.389 e. The molecule has 0 fully saturated rings. The first kappa shape index (κ1) is 42.2. The summed E-state index contributed by atoms with van der Waals surface area (Å²) in [6.07, 6.45) is 15.7. The van der Waals surface area contributed by atoms with Crippen LogP contribution in [0.15, 0.2) is 36.4 Å². The van der Waals surface area contributed by atoms with Crippen molar-refractivity contribution < 1.29 is 14.7 Å². The van der Waals surface area contributed by atoms with Crippen molar-refractivity contribution >= 4 is 27.0 Å². The molecule has 0 saturated heterocycles. The van der Waals surface area contributed by atoms with Gasteiger partial charge in [0, 0.05) is 14.3 Å². The van der Waals surface area contributed by atoms with Crippen molar-refractivity contribution in [3.8, 4) is 11.1 Å². The summed E-state index contributed by atoms with van der Waals surface area (Å²) in [5.74, 6) is 0. The third kappa shape index (κ3) is 10.0. The summed E-state index contributed by atoms with van der Waals surface area (Å²) >= 11 is 0. The van der Waals surface area contributed by atoms with E-state index in [2.05, 4.69) is 90.6 Å². The molecule has 1 atom stereocenters. The van der Waals surface area contributed by atoms with Crippen LogP contribution in [0.1, 0.15) is 178 Å². The zero-order valence-corrected chi connectivity index (χ0v) is 34.5. The van der Waals surface area contributed by atoms with Gasteiger partial charge < -0.3 is 20.0 Å². The van der Waals surface area contributed by atoms with E-state index >= 15 is 0 Å². The molecule has 0 amide bonds. The van der Waals surface area contributed by atoms with Crippen LogP contribution in [0.4, 0.5) is 0 Å². The van der Waals surface area contributed by atoms with Gasteiger partial charge in [-0.1, -0.05) is 115 Å². The first-order chi connectivity index (χ1) is 22.8. The van der Waals surface area contributed by atoms with Gasteiger partial charge in [-0.15, -0.1) is 0 Å². The molecule has 1 unspecified atom stereocenters. The highest BCUT2D eigenvalue weighted by Crippen LogP contribution is 2.56. The molecule has 1 aliphatic carbocycles. The Morgan fingerprint density at radius 2 is 1.12 bits per heavy atom. The largest absolute Gasteiger partial charge is 0.389 e. The van der Waals surface area contributed by atoms with Crippen LogP contribution in [0.3, 0.4) is 0 Å². The van der Waals surface area contributed by atoms with Crippen molar-refractivity contribution in [3.63, 3.8) is 0 Å². The molecular weight excluding hydrogens is 620 g/mol. The SMILES string of the molecule is CCCCC1(CCCC)CC(CCCC)(CCCC)c2cc(POC(C)(C)C(C)(C)O)ccc2-c2ccc([B]NC(C)(C)C(C)(C)O)cc21. The molecule has 2 aromatic carbocycles. The lowest BCUT2D eigenvalue weighted by Gasteiger charge is -2.44. The van der Waals surface area contributed by atoms with Gasteiger partial charge in [-0.05, 0) is 132 Å². The van der Waals surface area contributed by atoms with Crippen LogP contribution in [-0.4, -0.2) is 40.0 Å². The molecule has 0 spiro atoms. The van der Waals surface area contributed by atoms with Gasteiger partial charge in [-0.3, -0.25) is 0 Å². The smallest absolute Gasteiger partial charge is 0.245 e. The lowest BCUT2D eigenvalue weighted by molar-refractivity contribution is -0.0833. The van der Waals surface area contributed by atoms with E-state index in [4.69, 9.17) is 4.52 Å². The molecular formula is C43H72BNO3P. The average molecular weight is 693 g/mol. The van der Waals surface area contributed by atoms with E-state index < -0.39 is 22.3 Å². The molecule has 3 rings (SSSR count). The molecule has 0 aromatic heterocycles. The number of fused-ring (bicyclic) bond motifs is 3. The monoisotopic (exact) mass is 693 g/mol. The van der Waals surface area contributed by atoms with Gasteiger partial charge in [-0.2, -0.15) is 0 Å². The summed E-state index contributed by atoms with van der Waals surface area (Å²) in [5.41, 5.74) is 4.15. The highest BCUT2D eigenvalue weighted by atomic mass is 31.1. The number of hydrogen-bond acceptors (Lipinski definition) is 4. The van der Waals surface area contributed by atoms with Crippen molar-refractivity contribution in [3.05, 3.63) is 47.5 Å². The second-order valence-corrected chi connectivity index (χ2v) is 18.4. The highest BCUT2D eigenvalue weighted by molar-refractivity contribution is 7.42. The summed E-state index contributed by atoms with van der Waals surface area (Å²) in [5, 5.41) is 26.5. The summed E-state index contributed by atoms with van der Waals surface area (Å²) < 4.78 is 6.49. The van der Waals surface area contributed by atoms with E-state index in [1.165, 1.54) is 116 Å². The summed E-state index contributed by atoms with van der Waals surface area (Å²) in [4.78, 5) is 0. The Hall–Kier alpha value is -1.23. The minimum atomic E-state index is -0.944. The van der Waals surface area contributed by atoms with Gasteiger partial charge in [0.1, 0.15) is 0 Å². The fourth-order valence-electron chi connectivity index (χ4n) is 7.40. The standard InChI is InChI=1S/C43H72BNO3P/c1-13-17-25-42(26-18-14-2)31-43(27-19-15-3,28-20-16-4)37-30-33(49-48-41(11,12)40(9,10)47)22-24-35(37)34-23-21-32(29-36(34)42)44-45-38(5,6)39(7,8)46/h21-24,29-30,45-47,49H,13-20,25-28,31H2,1-12H3. The maximum Gasteiger partial charge on any atom is 0.245 e. The Morgan fingerprint density at radius 1 is 0.673 bits per heavy atom. The molecule has 49 heavy (non-hydrogen) atoms. The zero-order valence-electron chi connectivity index (χ0n) is 33.5. The van der Waals surface area contributed by atoms with Crippen LogP contribution in [0.25, 0.3) is 11.1 Å². The molecule has 275 valence electrons. The van der Waals surface area contributed by atoms with E-state index in [0.717, 1.165) is 0 Å². The molecule has 0 aliphatic heterocycles. The van der Waals surface area contributed by atoms with Crippen molar-refractivity contribution in [1.29, 1.82) is 0 Å². The van der Waals surface area contributed by atoms with Crippen LogP contribution in [0.2, 0.25) is 0 Å². The number of rotatable bonds is 20. The molecule has 1 radical (unpaired) electrons. The first-order valence-corrected chi connectivity index (χ1v) is 20.5. The van der Waals surface area contributed by atoms with E-state index in [1.807, 2.05) is 41.5 Å². The number of hydrogen-bond donors (Lipinski definition) is 3. The van der Waals surface area contributed by atoms with Gasteiger partial charge in [-0.25, -0.2) is 0 Å². The van der Waals surface area contributed by atoms with E-state index in [9.17, 15) is 10.2 Å². The normalized spacial score (nSPS) is 16.4. The molecule has 2 aromatic rings. The van der Waals surface area contributed by atoms with Gasteiger partial charge in [0.25, 0.3) is 0 Å². The lowest BCUT2D eigenvalue weighted by Crippen LogP contribution is -2.58. The Morgan fingerprint density at radius 3 is 1.55 bits per heavy atom. The maximum absolute atomic E-state index is 10.9. The number of benzene rings is 2.